The van der Waals surface area contributed by atoms with E-state index in [4.69, 9.17) is 4.74 Å². The van der Waals surface area contributed by atoms with Crippen molar-refractivity contribution in [1.82, 2.24) is 15.2 Å². The van der Waals surface area contributed by atoms with Gasteiger partial charge in [0.2, 0.25) is 5.91 Å². The fourth-order valence-electron chi connectivity index (χ4n) is 4.95. The Hall–Kier alpha value is -3.18. The summed E-state index contributed by atoms with van der Waals surface area (Å²) in [5.41, 5.74) is 4.21. The number of methoxy groups -OCH3 is 1. The number of nitrogens with zero attached hydrogens (tertiary/aromatic N) is 2. The molecule has 1 saturated heterocycles. The molecule has 0 aliphatic carbocycles. The molecule has 1 atom stereocenters. The van der Waals surface area contributed by atoms with Crippen LogP contribution in [0, 0.1) is 5.41 Å². The number of benzene rings is 2. The Morgan fingerprint density at radius 2 is 1.94 bits per heavy atom. The Morgan fingerprint density at radius 3 is 2.67 bits per heavy atom. The second-order valence-corrected chi connectivity index (χ2v) is 8.88. The molecular formula is C28H33N3O2. The van der Waals surface area contributed by atoms with Gasteiger partial charge in [0.15, 0.2) is 0 Å². The average molecular weight is 444 g/mol. The largest absolute Gasteiger partial charge is 0.497 e. The fraction of sp³-hybridized carbons (Fsp3) is 0.357. The quantitative estimate of drug-likeness (QED) is 0.547. The Morgan fingerprint density at radius 1 is 1.12 bits per heavy atom. The van der Waals surface area contributed by atoms with Crippen LogP contribution in [0.25, 0.3) is 11.1 Å². The first-order valence-corrected chi connectivity index (χ1v) is 11.8. The summed E-state index contributed by atoms with van der Waals surface area (Å²) < 4.78 is 5.29. The summed E-state index contributed by atoms with van der Waals surface area (Å²) in [5, 5.41) is 3.14. The Kier molecular flexibility index (Phi) is 7.40. The van der Waals surface area contributed by atoms with Gasteiger partial charge in [-0.05, 0) is 67.6 Å². The second-order valence-electron chi connectivity index (χ2n) is 8.88. The van der Waals surface area contributed by atoms with Crippen LogP contribution in [0.5, 0.6) is 5.75 Å². The van der Waals surface area contributed by atoms with Crippen molar-refractivity contribution < 1.29 is 9.53 Å². The monoisotopic (exact) mass is 443 g/mol. The van der Waals surface area contributed by atoms with Crippen LogP contribution in [0.1, 0.15) is 30.9 Å². The van der Waals surface area contributed by atoms with Crippen molar-refractivity contribution in [3.05, 3.63) is 84.2 Å². The van der Waals surface area contributed by atoms with Gasteiger partial charge in [0, 0.05) is 37.6 Å². The number of pyridine rings is 1. The molecule has 3 aromatic rings. The first-order valence-electron chi connectivity index (χ1n) is 11.8. The minimum absolute atomic E-state index is 0.158. The van der Waals surface area contributed by atoms with Crippen LogP contribution < -0.4 is 10.1 Å². The van der Waals surface area contributed by atoms with Crippen molar-refractivity contribution >= 4 is 5.91 Å². The number of amides is 1. The molecule has 0 unspecified atom stereocenters. The molecule has 4 rings (SSSR count). The van der Waals surface area contributed by atoms with Gasteiger partial charge < -0.3 is 10.1 Å². The summed E-state index contributed by atoms with van der Waals surface area (Å²) >= 11 is 0. The molecule has 5 nitrogen and oxygen atoms in total. The number of ether oxygens (including phenoxy) is 1. The maximum absolute atomic E-state index is 13.5. The van der Waals surface area contributed by atoms with E-state index in [1.807, 2.05) is 31.3 Å². The maximum Gasteiger partial charge on any atom is 0.227 e. The van der Waals surface area contributed by atoms with Gasteiger partial charge in [-0.15, -0.1) is 0 Å². The zero-order valence-electron chi connectivity index (χ0n) is 19.6. The highest BCUT2D eigenvalue weighted by molar-refractivity contribution is 5.84. The highest BCUT2D eigenvalue weighted by Crippen LogP contribution is 2.37. The summed E-state index contributed by atoms with van der Waals surface area (Å²) in [7, 11) is 1.68. The van der Waals surface area contributed by atoms with Crippen molar-refractivity contribution in [1.29, 1.82) is 0 Å². The highest BCUT2D eigenvalue weighted by Gasteiger charge is 2.42. The molecule has 0 radical (unpaired) electrons. The summed E-state index contributed by atoms with van der Waals surface area (Å²) in [6.45, 7) is 5.20. The summed E-state index contributed by atoms with van der Waals surface area (Å²) in [6.07, 6.45) is 6.29. The lowest BCUT2D eigenvalue weighted by Gasteiger charge is -2.42. The van der Waals surface area contributed by atoms with Crippen molar-refractivity contribution in [2.75, 3.05) is 26.7 Å². The highest BCUT2D eigenvalue weighted by atomic mass is 16.5. The second kappa shape index (κ2) is 10.6. The number of hydrogen-bond acceptors (Lipinski definition) is 4. The fourth-order valence-corrected chi connectivity index (χ4v) is 4.95. The third-order valence-electron chi connectivity index (χ3n) is 6.56. The molecule has 33 heavy (non-hydrogen) atoms. The van der Waals surface area contributed by atoms with Crippen LogP contribution in [0.15, 0.2) is 73.1 Å². The summed E-state index contributed by atoms with van der Waals surface area (Å²) in [4.78, 5) is 20.2. The van der Waals surface area contributed by atoms with Gasteiger partial charge >= 0.3 is 0 Å². The number of nitrogens with one attached hydrogen (secondary N) is 1. The zero-order chi connectivity index (χ0) is 23.1. The van der Waals surface area contributed by atoms with Crippen LogP contribution in [0.4, 0.5) is 0 Å². The third-order valence-corrected chi connectivity index (χ3v) is 6.56. The normalized spacial score (nSPS) is 18.6. The molecule has 172 valence electrons. The third kappa shape index (κ3) is 5.42. The molecule has 1 amide bonds. The molecule has 0 spiro atoms. The molecule has 0 saturated carbocycles. The van der Waals surface area contributed by atoms with E-state index >= 15 is 0 Å². The van der Waals surface area contributed by atoms with Crippen molar-refractivity contribution in [2.24, 2.45) is 5.41 Å². The molecule has 1 N–H and O–H groups in total. The van der Waals surface area contributed by atoms with Crippen LogP contribution in [-0.2, 0) is 17.8 Å². The van der Waals surface area contributed by atoms with Gasteiger partial charge in [-0.2, -0.15) is 0 Å². The predicted molar refractivity (Wildman–Crippen MR) is 132 cm³/mol. The molecule has 0 bridgehead atoms. The number of carbonyl (C=O) groups is 1. The van der Waals surface area contributed by atoms with E-state index in [9.17, 15) is 4.79 Å². The van der Waals surface area contributed by atoms with E-state index in [0.717, 1.165) is 49.4 Å². The summed E-state index contributed by atoms with van der Waals surface area (Å²) in [5.74, 6) is 1.02. The molecule has 1 aliphatic rings. The molecule has 5 heteroatoms. The Labute approximate surface area is 196 Å². The van der Waals surface area contributed by atoms with Crippen LogP contribution in [0.2, 0.25) is 0 Å². The number of aromatic nitrogens is 1. The smallest absolute Gasteiger partial charge is 0.227 e. The lowest BCUT2D eigenvalue weighted by Crippen LogP contribution is -2.53. The number of likely N-dealkylation sites (tertiary alicyclic amines) is 1. The van der Waals surface area contributed by atoms with Gasteiger partial charge in [-0.1, -0.05) is 42.5 Å². The van der Waals surface area contributed by atoms with Crippen LogP contribution in [0.3, 0.4) is 0 Å². The molecule has 2 aromatic carbocycles. The minimum atomic E-state index is -0.459. The zero-order valence-corrected chi connectivity index (χ0v) is 19.6. The number of rotatable bonds is 8. The van der Waals surface area contributed by atoms with E-state index in [2.05, 4.69) is 57.7 Å². The van der Waals surface area contributed by atoms with Crippen molar-refractivity contribution in [3.63, 3.8) is 0 Å². The standard InChI is InChI=1S/C28H33N3O2/c1-3-30-27(32)28(18-23-8-4-5-10-26(23)24-9-6-16-29-19-24)15-7-17-31(21-28)20-22-11-13-25(33-2)14-12-22/h4-6,8-14,16,19H,3,7,15,17-18,20-21H2,1-2H3,(H,30,32)/t28-/m1/s1. The van der Waals surface area contributed by atoms with Gasteiger partial charge in [0.25, 0.3) is 0 Å². The van der Waals surface area contributed by atoms with Crippen LogP contribution in [-0.4, -0.2) is 42.5 Å². The predicted octanol–water partition coefficient (Wildman–Crippen LogP) is 4.72. The number of carbonyl (C=O) groups excluding carboxylic acids is 1. The minimum Gasteiger partial charge on any atom is -0.497 e. The van der Waals surface area contributed by atoms with E-state index in [1.54, 1.807) is 13.3 Å². The van der Waals surface area contributed by atoms with Gasteiger partial charge in [-0.3, -0.25) is 14.7 Å². The SMILES string of the molecule is CCNC(=O)[C@@]1(Cc2ccccc2-c2cccnc2)CCCN(Cc2ccc(OC)cc2)C1. The lowest BCUT2D eigenvalue weighted by molar-refractivity contribution is -0.134. The average Bonchev–Trinajstić information content (AvgIpc) is 2.86. The lowest BCUT2D eigenvalue weighted by atomic mass is 9.73. The molecular weight excluding hydrogens is 410 g/mol. The molecule has 1 fully saturated rings. The van der Waals surface area contributed by atoms with Crippen LogP contribution >= 0.6 is 0 Å². The maximum atomic E-state index is 13.5. The molecule has 1 aromatic heterocycles. The van der Waals surface area contributed by atoms with E-state index in [-0.39, 0.29) is 5.91 Å². The van der Waals surface area contributed by atoms with Crippen molar-refractivity contribution in [3.8, 4) is 16.9 Å². The van der Waals surface area contributed by atoms with Gasteiger partial charge in [0.1, 0.15) is 5.75 Å². The molecule has 2 heterocycles. The summed E-state index contributed by atoms with van der Waals surface area (Å²) in [6, 6.07) is 20.7. The molecule has 1 aliphatic heterocycles. The Balaban J connectivity index is 1.61. The van der Waals surface area contributed by atoms with Gasteiger partial charge in [0.05, 0.1) is 12.5 Å². The van der Waals surface area contributed by atoms with E-state index < -0.39 is 5.41 Å². The Bertz CT molecular complexity index is 1050. The first-order chi connectivity index (χ1) is 16.1. The number of piperidine rings is 1. The first kappa shape index (κ1) is 23.0. The topological polar surface area (TPSA) is 54.5 Å². The van der Waals surface area contributed by atoms with Crippen molar-refractivity contribution in [2.45, 2.75) is 32.7 Å². The van der Waals surface area contributed by atoms with E-state index in [0.29, 0.717) is 13.0 Å². The van der Waals surface area contributed by atoms with E-state index in [1.165, 1.54) is 11.1 Å². The number of hydrogen-bond donors (Lipinski definition) is 1. The van der Waals surface area contributed by atoms with Gasteiger partial charge in [-0.25, -0.2) is 0 Å².